The zero-order valence-corrected chi connectivity index (χ0v) is 15.0. The van der Waals surface area contributed by atoms with Gasteiger partial charge in [-0.1, -0.05) is 37.3 Å². The largest absolute Gasteiger partial charge is 0.369 e. The van der Waals surface area contributed by atoms with E-state index in [1.54, 1.807) is 6.20 Å². The first-order valence-electron chi connectivity index (χ1n) is 8.71. The maximum Gasteiger partial charge on any atom is 0.241 e. The zero-order valence-electron chi connectivity index (χ0n) is 15.0. The highest BCUT2D eigenvalue weighted by Gasteiger charge is 2.35. The summed E-state index contributed by atoms with van der Waals surface area (Å²) in [6.45, 7) is 3.85. The molecule has 0 spiro atoms. The minimum atomic E-state index is -0.440. The van der Waals surface area contributed by atoms with Gasteiger partial charge in [0, 0.05) is 11.8 Å². The van der Waals surface area contributed by atoms with Crippen LogP contribution in [-0.4, -0.2) is 23.5 Å². The molecule has 3 rings (SSSR count). The summed E-state index contributed by atoms with van der Waals surface area (Å²) in [5.74, 6) is -0.0129. The van der Waals surface area contributed by atoms with Crippen molar-refractivity contribution in [2.24, 2.45) is 21.6 Å². The van der Waals surface area contributed by atoms with Gasteiger partial charge in [-0.3, -0.25) is 14.9 Å². The molecule has 134 valence electrons. The standard InChI is InChI=1S/C20H22N4O2/c1-3-4-12(2)17(25)14-8-5-13(6-9-14)7-10-15-11-22-18-16(15)19(26)24-20(21)23-18/h4-6,8-9,11,16H,3,7,10H2,1-2H3,(H3,21,22,23,24,26)/b12-4-. The molecule has 1 unspecified atom stereocenters. The van der Waals surface area contributed by atoms with Crippen molar-refractivity contribution in [3.05, 3.63) is 58.8 Å². The van der Waals surface area contributed by atoms with Crippen molar-refractivity contribution >= 4 is 23.5 Å². The second-order valence-electron chi connectivity index (χ2n) is 6.43. The first-order valence-corrected chi connectivity index (χ1v) is 8.71. The number of fused-ring (bicyclic) bond motifs is 1. The fourth-order valence-corrected chi connectivity index (χ4v) is 3.14. The van der Waals surface area contributed by atoms with Gasteiger partial charge in [-0.15, -0.1) is 0 Å². The van der Waals surface area contributed by atoms with Crippen molar-refractivity contribution < 1.29 is 9.59 Å². The van der Waals surface area contributed by atoms with Gasteiger partial charge in [0.05, 0.1) is 0 Å². The Balaban J connectivity index is 1.62. The number of carbonyl (C=O) groups is 2. The lowest BCUT2D eigenvalue weighted by atomic mass is 9.92. The van der Waals surface area contributed by atoms with Crippen molar-refractivity contribution in [1.82, 2.24) is 5.32 Å². The number of nitrogens with one attached hydrogen (secondary N) is 1. The second-order valence-corrected chi connectivity index (χ2v) is 6.43. The maximum absolute atomic E-state index is 12.3. The average molecular weight is 350 g/mol. The van der Waals surface area contributed by atoms with Gasteiger partial charge < -0.3 is 5.73 Å². The van der Waals surface area contributed by atoms with Crippen LogP contribution in [0.4, 0.5) is 0 Å². The summed E-state index contributed by atoms with van der Waals surface area (Å²) >= 11 is 0. The molecule has 3 N–H and O–H groups in total. The number of hydrogen-bond donors (Lipinski definition) is 2. The van der Waals surface area contributed by atoms with Gasteiger partial charge in [-0.05, 0) is 42.9 Å². The highest BCUT2D eigenvalue weighted by atomic mass is 16.2. The topological polar surface area (TPSA) is 96.9 Å². The van der Waals surface area contributed by atoms with Crippen LogP contribution in [0.25, 0.3) is 0 Å². The quantitative estimate of drug-likeness (QED) is 0.609. The van der Waals surface area contributed by atoms with Crippen molar-refractivity contribution in [3.8, 4) is 0 Å². The second kappa shape index (κ2) is 7.47. The van der Waals surface area contributed by atoms with E-state index in [4.69, 9.17) is 5.73 Å². The monoisotopic (exact) mass is 350 g/mol. The van der Waals surface area contributed by atoms with Crippen LogP contribution in [-0.2, 0) is 11.2 Å². The summed E-state index contributed by atoms with van der Waals surface area (Å²) < 4.78 is 0. The maximum atomic E-state index is 12.3. The Bertz CT molecular complexity index is 860. The number of amides is 1. The van der Waals surface area contributed by atoms with Crippen molar-refractivity contribution in [2.45, 2.75) is 33.1 Å². The van der Waals surface area contributed by atoms with E-state index in [0.717, 1.165) is 29.6 Å². The number of amidine groups is 1. The Hall–Kier alpha value is -3.02. The van der Waals surface area contributed by atoms with E-state index in [1.165, 1.54) is 0 Å². The summed E-state index contributed by atoms with van der Waals surface area (Å²) in [7, 11) is 0. The number of aliphatic imine (C=N–C) groups is 2. The Morgan fingerprint density at radius 2 is 2.00 bits per heavy atom. The lowest BCUT2D eigenvalue weighted by Gasteiger charge is -2.19. The molecule has 0 fully saturated rings. The van der Waals surface area contributed by atoms with Gasteiger partial charge in [-0.2, -0.15) is 4.99 Å². The van der Waals surface area contributed by atoms with Crippen LogP contribution in [0, 0.1) is 5.92 Å². The molecule has 0 radical (unpaired) electrons. The smallest absolute Gasteiger partial charge is 0.241 e. The van der Waals surface area contributed by atoms with E-state index < -0.39 is 5.92 Å². The summed E-state index contributed by atoms with van der Waals surface area (Å²) in [4.78, 5) is 32.7. The van der Waals surface area contributed by atoms with Gasteiger partial charge in [0.2, 0.25) is 11.9 Å². The number of hydrogen-bond acceptors (Lipinski definition) is 5. The highest BCUT2D eigenvalue weighted by molar-refractivity contribution is 6.19. The number of aryl methyl sites for hydroxylation is 1. The molecule has 6 nitrogen and oxygen atoms in total. The molecule has 0 saturated carbocycles. The molecule has 1 amide bonds. The molecule has 0 saturated heterocycles. The van der Waals surface area contributed by atoms with E-state index in [9.17, 15) is 9.59 Å². The van der Waals surface area contributed by atoms with Crippen LogP contribution >= 0.6 is 0 Å². The molecule has 2 aliphatic heterocycles. The van der Waals surface area contributed by atoms with E-state index in [2.05, 4.69) is 15.3 Å². The number of benzene rings is 1. The molecule has 0 bridgehead atoms. The molecule has 1 aromatic rings. The normalized spacial score (nSPS) is 19.3. The number of Topliss-reactive ketones (excluding diaryl/α,β-unsaturated/α-hetero) is 1. The Morgan fingerprint density at radius 3 is 2.69 bits per heavy atom. The minimum absolute atomic E-state index is 0.0595. The van der Waals surface area contributed by atoms with Crippen LogP contribution in [0.3, 0.4) is 0 Å². The average Bonchev–Trinajstić information content (AvgIpc) is 3.03. The Labute approximate surface area is 152 Å². The first kappa shape index (κ1) is 17.8. The predicted molar refractivity (Wildman–Crippen MR) is 102 cm³/mol. The predicted octanol–water partition coefficient (Wildman–Crippen LogP) is 2.51. The number of guanidine groups is 1. The molecule has 0 aromatic heterocycles. The molecule has 6 heteroatoms. The first-order chi connectivity index (χ1) is 12.5. The van der Waals surface area contributed by atoms with Gasteiger partial charge in [0.15, 0.2) is 5.78 Å². The SMILES string of the molecule is CC/C=C(/C)C(=O)c1ccc(CCC2=CN=C3N=C(N)NC(=O)C23)cc1. The lowest BCUT2D eigenvalue weighted by Crippen LogP contribution is -2.47. The summed E-state index contributed by atoms with van der Waals surface area (Å²) in [5, 5.41) is 2.54. The molecule has 1 atom stereocenters. The fourth-order valence-electron chi connectivity index (χ4n) is 3.14. The summed E-state index contributed by atoms with van der Waals surface area (Å²) in [6, 6.07) is 7.63. The summed E-state index contributed by atoms with van der Waals surface area (Å²) in [5.41, 5.74) is 9.04. The number of carbonyl (C=O) groups excluding carboxylic acids is 2. The van der Waals surface area contributed by atoms with Crippen LogP contribution in [0.2, 0.25) is 0 Å². The number of rotatable bonds is 6. The number of allylic oxidation sites excluding steroid dienone is 2. The molecule has 2 heterocycles. The molecular weight excluding hydrogens is 328 g/mol. The van der Waals surface area contributed by atoms with Gasteiger partial charge >= 0.3 is 0 Å². The van der Waals surface area contributed by atoms with E-state index in [0.29, 0.717) is 17.8 Å². The van der Waals surface area contributed by atoms with Crippen LogP contribution in [0.1, 0.15) is 42.6 Å². The van der Waals surface area contributed by atoms with E-state index in [1.807, 2.05) is 44.2 Å². The third-order valence-corrected chi connectivity index (χ3v) is 4.53. The van der Waals surface area contributed by atoms with Gasteiger partial charge in [-0.25, -0.2) is 4.99 Å². The Morgan fingerprint density at radius 1 is 1.27 bits per heavy atom. The fraction of sp³-hybridized carbons (Fsp3) is 0.300. The van der Waals surface area contributed by atoms with Gasteiger partial charge in [0.1, 0.15) is 11.8 Å². The molecule has 2 aliphatic rings. The number of nitrogens with two attached hydrogens (primary N) is 1. The van der Waals surface area contributed by atoms with Crippen molar-refractivity contribution in [2.75, 3.05) is 0 Å². The molecule has 1 aromatic carbocycles. The van der Waals surface area contributed by atoms with E-state index in [-0.39, 0.29) is 17.6 Å². The van der Waals surface area contributed by atoms with Crippen LogP contribution in [0.5, 0.6) is 0 Å². The van der Waals surface area contributed by atoms with Crippen molar-refractivity contribution in [1.29, 1.82) is 0 Å². The number of ketones is 1. The number of nitrogens with zero attached hydrogens (tertiary/aromatic N) is 2. The summed E-state index contributed by atoms with van der Waals surface area (Å²) in [6.07, 6.45) is 5.95. The van der Waals surface area contributed by atoms with Crippen LogP contribution < -0.4 is 11.1 Å². The minimum Gasteiger partial charge on any atom is -0.369 e. The third kappa shape index (κ3) is 3.64. The zero-order chi connectivity index (χ0) is 18.7. The molecule has 0 aliphatic carbocycles. The van der Waals surface area contributed by atoms with Gasteiger partial charge in [0.25, 0.3) is 0 Å². The molecule has 26 heavy (non-hydrogen) atoms. The highest BCUT2D eigenvalue weighted by Crippen LogP contribution is 2.27. The lowest BCUT2D eigenvalue weighted by molar-refractivity contribution is -0.120. The molecular formula is C20H22N4O2. The third-order valence-electron chi connectivity index (χ3n) is 4.53. The van der Waals surface area contributed by atoms with E-state index >= 15 is 0 Å². The van der Waals surface area contributed by atoms with Crippen molar-refractivity contribution in [3.63, 3.8) is 0 Å². The van der Waals surface area contributed by atoms with Crippen LogP contribution in [0.15, 0.2) is 57.7 Å². The Kier molecular flexibility index (Phi) is 5.11.